The van der Waals surface area contributed by atoms with E-state index in [-0.39, 0.29) is 30.9 Å². The van der Waals surface area contributed by atoms with Crippen molar-refractivity contribution in [3.8, 4) is 0 Å². The van der Waals surface area contributed by atoms with Gasteiger partial charge < -0.3 is 20.9 Å². The molecule has 91 valence electrons. The van der Waals surface area contributed by atoms with Crippen molar-refractivity contribution in [2.75, 3.05) is 13.7 Å². The first kappa shape index (κ1) is 20.1. The summed E-state index contributed by atoms with van der Waals surface area (Å²) in [6.07, 6.45) is 2.50. The predicted octanol–water partition coefficient (Wildman–Crippen LogP) is 0.638. The average molecular weight is 265 g/mol. The van der Waals surface area contributed by atoms with E-state index in [4.69, 9.17) is 16.2 Å². The van der Waals surface area contributed by atoms with Crippen LogP contribution < -0.4 is 11.5 Å². The Hall–Kier alpha value is -1.33. The molecule has 0 aliphatic carbocycles. The third-order valence-electron chi connectivity index (χ3n) is 1.21. The minimum absolute atomic E-state index is 0. The molecule has 16 heavy (non-hydrogen) atoms. The number of hydrogen-bond donors (Lipinski definition) is 2. The fraction of sp³-hybridized carbons (Fsp3) is 0.300. The molecule has 0 aliphatic rings. The number of rotatable bonds is 4. The summed E-state index contributed by atoms with van der Waals surface area (Å²) in [5.74, 6) is -0.274. The number of methoxy groups -OCH3 is 1. The minimum Gasteiger partial charge on any atom is -0.495 e. The normalized spacial score (nSPS) is 10.4. The first-order chi connectivity index (χ1) is 7.15. The van der Waals surface area contributed by atoms with Crippen LogP contribution in [-0.4, -0.2) is 19.7 Å². The zero-order valence-corrected chi connectivity index (χ0v) is 11.0. The van der Waals surface area contributed by atoms with Gasteiger partial charge in [-0.05, 0) is 6.92 Å². The van der Waals surface area contributed by atoms with Crippen LogP contribution in [0.2, 0.25) is 0 Å². The van der Waals surface area contributed by atoms with Gasteiger partial charge in [-0.1, -0.05) is 0 Å². The van der Waals surface area contributed by atoms with Crippen LogP contribution in [0, 0.1) is 0 Å². The molecule has 0 saturated carbocycles. The largest absolute Gasteiger partial charge is 0.495 e. The molecule has 0 spiro atoms. The van der Waals surface area contributed by atoms with E-state index < -0.39 is 5.97 Å². The summed E-state index contributed by atoms with van der Waals surface area (Å²) in [6.45, 7) is 7.98. The fourth-order valence-corrected chi connectivity index (χ4v) is 0.602. The Kier molecular flexibility index (Phi) is 17.2. The Labute approximate surface area is 108 Å². The molecule has 0 atom stereocenters. The van der Waals surface area contributed by atoms with Crippen LogP contribution >= 0.6 is 0 Å². The Morgan fingerprint density at radius 1 is 1.44 bits per heavy atom. The first-order valence-electron chi connectivity index (χ1n) is 4.25. The maximum Gasteiger partial charge on any atom is 0.354 e. The molecule has 0 saturated heterocycles. The second-order valence-corrected chi connectivity index (χ2v) is 2.09. The van der Waals surface area contributed by atoms with Crippen molar-refractivity contribution in [1.29, 1.82) is 0 Å². The number of nitrogens with two attached hydrogens (primary N) is 2. The predicted molar refractivity (Wildman–Crippen MR) is 59.4 cm³/mol. The third kappa shape index (κ3) is 9.24. The van der Waals surface area contributed by atoms with Crippen LogP contribution in [0.4, 0.5) is 0 Å². The number of hydrogen-bond acceptors (Lipinski definition) is 5. The fourth-order valence-electron chi connectivity index (χ4n) is 0.602. The summed E-state index contributed by atoms with van der Waals surface area (Å²) in [4.78, 5) is 11.0. The number of ether oxygens (including phenoxy) is 2. The van der Waals surface area contributed by atoms with Crippen LogP contribution in [0.5, 0.6) is 0 Å². The zero-order chi connectivity index (χ0) is 12.3. The summed E-state index contributed by atoms with van der Waals surface area (Å²) < 4.78 is 9.41. The molecular formula is C10H18N2O3V. The molecule has 0 amide bonds. The molecule has 0 aliphatic heterocycles. The maximum absolute atomic E-state index is 11.0. The summed E-state index contributed by atoms with van der Waals surface area (Å²) in [7, 11) is 1.42. The van der Waals surface area contributed by atoms with Gasteiger partial charge in [0.05, 0.1) is 13.7 Å². The molecule has 0 rings (SSSR count). The van der Waals surface area contributed by atoms with Gasteiger partial charge in [0.25, 0.3) is 0 Å². The van der Waals surface area contributed by atoms with Gasteiger partial charge in [0.15, 0.2) is 0 Å². The third-order valence-corrected chi connectivity index (χ3v) is 1.21. The van der Waals surface area contributed by atoms with Gasteiger partial charge in [-0.2, -0.15) is 0 Å². The van der Waals surface area contributed by atoms with Crippen LogP contribution in [-0.2, 0) is 32.8 Å². The van der Waals surface area contributed by atoms with Gasteiger partial charge in [-0.3, -0.25) is 0 Å². The van der Waals surface area contributed by atoms with Gasteiger partial charge in [0.1, 0.15) is 11.5 Å². The number of carbonyl (C=O) groups is 1. The smallest absolute Gasteiger partial charge is 0.354 e. The van der Waals surface area contributed by atoms with Crippen LogP contribution in [0.25, 0.3) is 0 Å². The summed E-state index contributed by atoms with van der Waals surface area (Å²) in [6, 6.07) is 0. The molecule has 0 fully saturated rings. The van der Waals surface area contributed by atoms with E-state index in [2.05, 4.69) is 17.9 Å². The first-order valence-corrected chi connectivity index (χ1v) is 4.25. The standard InChI is InChI=1S/C8H14N2O3.C2H4.V/c1-3-13-8(11)7(10)4-6(5-9)12-2;1-2;/h4-5H,3,9-10H2,1-2H3;1-2H2;/b6-5+,7-4-;;. The maximum atomic E-state index is 11.0. The molecule has 5 nitrogen and oxygen atoms in total. The summed E-state index contributed by atoms with van der Waals surface area (Å²) in [5.41, 5.74) is 10.5. The Balaban J connectivity index is -0.000000529. The Bertz CT molecular complexity index is 252. The quantitative estimate of drug-likeness (QED) is 0.256. The molecule has 0 aromatic heterocycles. The van der Waals surface area contributed by atoms with E-state index in [1.165, 1.54) is 19.4 Å². The molecular weight excluding hydrogens is 247 g/mol. The number of carbonyl (C=O) groups excluding carboxylic acids is 1. The van der Waals surface area contributed by atoms with Gasteiger partial charge in [0.2, 0.25) is 0 Å². The zero-order valence-electron chi connectivity index (χ0n) is 9.60. The molecule has 0 aromatic carbocycles. The topological polar surface area (TPSA) is 87.6 Å². The van der Waals surface area contributed by atoms with E-state index in [0.29, 0.717) is 5.76 Å². The molecule has 0 bridgehead atoms. The van der Waals surface area contributed by atoms with Crippen molar-refractivity contribution < 1.29 is 32.8 Å². The van der Waals surface area contributed by atoms with E-state index in [1.807, 2.05) is 0 Å². The molecule has 1 radical (unpaired) electrons. The van der Waals surface area contributed by atoms with E-state index >= 15 is 0 Å². The number of esters is 1. The molecule has 4 N–H and O–H groups in total. The molecule has 6 heteroatoms. The van der Waals surface area contributed by atoms with Crippen molar-refractivity contribution in [3.05, 3.63) is 36.9 Å². The van der Waals surface area contributed by atoms with Crippen molar-refractivity contribution in [1.82, 2.24) is 0 Å². The van der Waals surface area contributed by atoms with Crippen LogP contribution in [0.3, 0.4) is 0 Å². The van der Waals surface area contributed by atoms with Gasteiger partial charge in [0, 0.05) is 30.8 Å². The van der Waals surface area contributed by atoms with Gasteiger partial charge in [-0.15, -0.1) is 13.2 Å². The SMILES string of the molecule is C=C.CCOC(=O)/C(N)=C/C(=C\N)OC.[V]. The van der Waals surface area contributed by atoms with Crippen LogP contribution in [0.1, 0.15) is 6.92 Å². The van der Waals surface area contributed by atoms with Crippen molar-refractivity contribution in [3.63, 3.8) is 0 Å². The van der Waals surface area contributed by atoms with E-state index in [1.54, 1.807) is 6.92 Å². The van der Waals surface area contributed by atoms with Crippen molar-refractivity contribution in [2.45, 2.75) is 6.92 Å². The van der Waals surface area contributed by atoms with Crippen LogP contribution in [0.15, 0.2) is 36.9 Å². The van der Waals surface area contributed by atoms with Crippen molar-refractivity contribution >= 4 is 5.97 Å². The second kappa shape index (κ2) is 13.7. The molecule has 0 unspecified atom stereocenters. The minimum atomic E-state index is -0.584. The van der Waals surface area contributed by atoms with Gasteiger partial charge >= 0.3 is 5.97 Å². The van der Waals surface area contributed by atoms with Gasteiger partial charge in [-0.25, -0.2) is 4.79 Å². The van der Waals surface area contributed by atoms with Crippen molar-refractivity contribution in [2.24, 2.45) is 11.5 Å². The molecule has 0 heterocycles. The summed E-state index contributed by atoms with van der Waals surface area (Å²) in [5, 5.41) is 0. The Morgan fingerprint density at radius 2 is 1.94 bits per heavy atom. The van der Waals surface area contributed by atoms with E-state index in [9.17, 15) is 4.79 Å². The summed E-state index contributed by atoms with van der Waals surface area (Å²) >= 11 is 0. The monoisotopic (exact) mass is 265 g/mol. The molecule has 0 aromatic rings. The second-order valence-electron chi connectivity index (χ2n) is 2.09. The van der Waals surface area contributed by atoms with E-state index in [0.717, 1.165) is 0 Å². The average Bonchev–Trinajstić information content (AvgIpc) is 2.28. The Morgan fingerprint density at radius 3 is 2.25 bits per heavy atom. The number of allylic oxidation sites excluding steroid dienone is 1.